The van der Waals surface area contributed by atoms with Crippen molar-refractivity contribution in [3.8, 4) is 0 Å². The lowest BCUT2D eigenvalue weighted by Crippen LogP contribution is -1.84. The van der Waals surface area contributed by atoms with Crippen molar-refractivity contribution < 1.29 is 0 Å². The van der Waals surface area contributed by atoms with Gasteiger partial charge >= 0.3 is 0 Å². The zero-order chi connectivity index (χ0) is 22.5. The van der Waals surface area contributed by atoms with Crippen LogP contribution in [0.5, 0.6) is 0 Å². The summed E-state index contributed by atoms with van der Waals surface area (Å²) in [5.41, 5.74) is 0. The summed E-state index contributed by atoms with van der Waals surface area (Å²) in [5.74, 6) is 0. The molecule has 0 aromatic carbocycles. The Kier molecular flexibility index (Phi) is 29.5. The van der Waals surface area contributed by atoms with Gasteiger partial charge in [-0.1, -0.05) is 174 Å². The van der Waals surface area contributed by atoms with Gasteiger partial charge in [0, 0.05) is 0 Å². The molecule has 0 rings (SSSR count). The van der Waals surface area contributed by atoms with E-state index in [-0.39, 0.29) is 0 Å². The molecule has 186 valence electrons. The van der Waals surface area contributed by atoms with Crippen LogP contribution in [0.4, 0.5) is 0 Å². The molecule has 0 unspecified atom stereocenters. The monoisotopic (exact) mass is 434 g/mol. The van der Waals surface area contributed by atoms with Crippen LogP contribution in [0.15, 0.2) is 12.2 Å². The molecular weight excluding hydrogens is 372 g/mol. The lowest BCUT2D eigenvalue weighted by Gasteiger charge is -2.04. The van der Waals surface area contributed by atoms with Crippen LogP contribution >= 0.6 is 0 Å². The molecule has 0 aromatic rings. The maximum Gasteiger partial charge on any atom is -0.0351 e. The summed E-state index contributed by atoms with van der Waals surface area (Å²) in [5, 5.41) is 0. The van der Waals surface area contributed by atoms with Gasteiger partial charge in [-0.2, -0.15) is 0 Å². The van der Waals surface area contributed by atoms with Gasteiger partial charge in [0.2, 0.25) is 0 Å². The molecule has 0 aromatic heterocycles. The molecule has 0 amide bonds. The van der Waals surface area contributed by atoms with Crippen molar-refractivity contribution in [2.45, 2.75) is 187 Å². The second-order valence-corrected chi connectivity index (χ2v) is 10.2. The first kappa shape index (κ1) is 30.7. The second-order valence-electron chi connectivity index (χ2n) is 10.2. The predicted molar refractivity (Wildman–Crippen MR) is 145 cm³/mol. The first-order valence-corrected chi connectivity index (χ1v) is 15.1. The van der Waals surface area contributed by atoms with E-state index in [0.29, 0.717) is 0 Å². The zero-order valence-electron chi connectivity index (χ0n) is 22.2. The number of hydrogen-bond acceptors (Lipinski definition) is 0. The van der Waals surface area contributed by atoms with Gasteiger partial charge in [0.05, 0.1) is 0 Å². The van der Waals surface area contributed by atoms with Gasteiger partial charge in [0.1, 0.15) is 0 Å². The van der Waals surface area contributed by atoms with E-state index < -0.39 is 0 Å². The quantitative estimate of drug-likeness (QED) is 0.0890. The molecule has 0 N–H and O–H groups in total. The minimum absolute atomic E-state index is 1.31. The van der Waals surface area contributed by atoms with E-state index in [1.54, 1.807) is 0 Å². The average molecular weight is 435 g/mol. The Hall–Kier alpha value is -0.260. The number of hydrogen-bond donors (Lipinski definition) is 0. The maximum absolute atomic E-state index is 2.44. The number of rotatable bonds is 27. The first-order valence-electron chi connectivity index (χ1n) is 15.1. The Bertz CT molecular complexity index is 316. The van der Waals surface area contributed by atoms with Gasteiger partial charge in [0.15, 0.2) is 0 Å². The highest BCUT2D eigenvalue weighted by molar-refractivity contribution is 4.81. The van der Waals surface area contributed by atoms with Crippen LogP contribution in [0.3, 0.4) is 0 Å². The third-order valence-electron chi connectivity index (χ3n) is 6.87. The van der Waals surface area contributed by atoms with Gasteiger partial charge in [-0.3, -0.25) is 0 Å². The Morgan fingerprint density at radius 1 is 0.258 bits per heavy atom. The van der Waals surface area contributed by atoms with Crippen LogP contribution in [-0.2, 0) is 0 Å². The lowest BCUT2D eigenvalue weighted by atomic mass is 10.0. The van der Waals surface area contributed by atoms with Crippen LogP contribution in [-0.4, -0.2) is 0 Å². The van der Waals surface area contributed by atoms with Crippen LogP contribution in [0.2, 0.25) is 0 Å². The topological polar surface area (TPSA) is 0 Å². The lowest BCUT2D eigenvalue weighted by molar-refractivity contribution is 0.522. The van der Waals surface area contributed by atoms with E-state index in [1.807, 2.05) is 0 Å². The molecule has 0 atom stereocenters. The first-order chi connectivity index (χ1) is 15.4. The maximum atomic E-state index is 2.44. The van der Waals surface area contributed by atoms with Crippen LogP contribution in [0.25, 0.3) is 0 Å². The van der Waals surface area contributed by atoms with Gasteiger partial charge < -0.3 is 0 Å². The zero-order valence-corrected chi connectivity index (χ0v) is 22.2. The Labute approximate surface area is 199 Å². The molecule has 0 aliphatic rings. The third kappa shape index (κ3) is 29.7. The summed E-state index contributed by atoms with van der Waals surface area (Å²) < 4.78 is 0. The smallest absolute Gasteiger partial charge is 0.0351 e. The van der Waals surface area contributed by atoms with Gasteiger partial charge in [0.25, 0.3) is 0 Å². The molecule has 0 saturated carbocycles. The molecule has 0 spiro atoms. The molecular formula is C31H62. The van der Waals surface area contributed by atoms with E-state index in [4.69, 9.17) is 0 Å². The molecule has 0 nitrogen and oxygen atoms in total. The second kappa shape index (κ2) is 29.7. The summed E-state index contributed by atoms with van der Waals surface area (Å²) in [6.45, 7) is 4.60. The minimum Gasteiger partial charge on any atom is -0.0885 e. The number of allylic oxidation sites excluding steroid dienone is 2. The van der Waals surface area contributed by atoms with E-state index >= 15 is 0 Å². The summed E-state index contributed by atoms with van der Waals surface area (Å²) in [4.78, 5) is 0. The van der Waals surface area contributed by atoms with Gasteiger partial charge in [-0.25, -0.2) is 0 Å². The summed E-state index contributed by atoms with van der Waals surface area (Å²) in [7, 11) is 0. The molecule has 0 heteroatoms. The fraction of sp³-hybridized carbons (Fsp3) is 0.935. The number of unbranched alkanes of at least 4 members (excludes halogenated alkanes) is 25. The van der Waals surface area contributed by atoms with Crippen molar-refractivity contribution in [1.82, 2.24) is 0 Å². The van der Waals surface area contributed by atoms with Crippen LogP contribution in [0, 0.1) is 0 Å². The molecule has 0 aliphatic heterocycles. The summed E-state index contributed by atoms with van der Waals surface area (Å²) in [6, 6.07) is 0. The molecule has 0 aliphatic carbocycles. The van der Waals surface area contributed by atoms with Gasteiger partial charge in [-0.05, 0) is 25.7 Å². The van der Waals surface area contributed by atoms with Crippen molar-refractivity contribution in [3.63, 3.8) is 0 Å². The predicted octanol–water partition coefficient (Wildman–Crippen LogP) is 12.1. The molecule has 0 bridgehead atoms. The fourth-order valence-corrected chi connectivity index (χ4v) is 4.62. The van der Waals surface area contributed by atoms with E-state index in [1.165, 1.54) is 173 Å². The highest BCUT2D eigenvalue weighted by Gasteiger charge is 1.95. The van der Waals surface area contributed by atoms with Crippen molar-refractivity contribution in [2.24, 2.45) is 0 Å². The van der Waals surface area contributed by atoms with E-state index in [0.717, 1.165) is 0 Å². The molecule has 0 fully saturated rings. The van der Waals surface area contributed by atoms with Crippen LogP contribution in [0.1, 0.15) is 187 Å². The van der Waals surface area contributed by atoms with Crippen molar-refractivity contribution in [3.05, 3.63) is 12.2 Å². The van der Waals surface area contributed by atoms with Crippen molar-refractivity contribution in [2.75, 3.05) is 0 Å². The third-order valence-corrected chi connectivity index (χ3v) is 6.87. The standard InChI is InChI=1S/C31H62/c1-3-5-7-9-11-13-15-17-19-21-23-25-27-29-31-30-28-26-24-22-20-18-16-14-12-10-8-6-4-2/h15,17H,3-14,16,18-31H2,1-2H3. The normalized spacial score (nSPS) is 11.7. The average Bonchev–Trinajstić information content (AvgIpc) is 2.78. The largest absolute Gasteiger partial charge is 0.0885 e. The van der Waals surface area contributed by atoms with Crippen molar-refractivity contribution in [1.29, 1.82) is 0 Å². The minimum atomic E-state index is 1.31. The Balaban J connectivity index is 3.03. The van der Waals surface area contributed by atoms with Gasteiger partial charge in [-0.15, -0.1) is 0 Å². The van der Waals surface area contributed by atoms with Crippen molar-refractivity contribution >= 4 is 0 Å². The molecule has 0 radical (unpaired) electrons. The molecule has 0 saturated heterocycles. The van der Waals surface area contributed by atoms with Crippen LogP contribution < -0.4 is 0 Å². The van der Waals surface area contributed by atoms with E-state index in [9.17, 15) is 0 Å². The molecule has 0 heterocycles. The summed E-state index contributed by atoms with van der Waals surface area (Å²) >= 11 is 0. The SMILES string of the molecule is CCCCCCCC=CCCCCCCCCCCCCCCCCCCCCCC. The molecule has 31 heavy (non-hydrogen) atoms. The highest BCUT2D eigenvalue weighted by atomic mass is 14.0. The summed E-state index contributed by atoms with van der Waals surface area (Å²) in [6.07, 6.45) is 43.9. The van der Waals surface area contributed by atoms with E-state index in [2.05, 4.69) is 26.0 Å². The Morgan fingerprint density at radius 2 is 0.452 bits per heavy atom. The fourth-order valence-electron chi connectivity index (χ4n) is 4.62. The highest BCUT2D eigenvalue weighted by Crippen LogP contribution is 2.15. The Morgan fingerprint density at radius 3 is 0.677 bits per heavy atom.